The fourth-order valence-corrected chi connectivity index (χ4v) is 4.36. The molecule has 0 aliphatic heterocycles. The number of ether oxygens (including phenoxy) is 2. The first-order valence-corrected chi connectivity index (χ1v) is 11.2. The van der Waals surface area contributed by atoms with E-state index in [0.29, 0.717) is 36.0 Å². The van der Waals surface area contributed by atoms with Gasteiger partial charge in [0.1, 0.15) is 17.9 Å². The molecule has 0 amide bonds. The Bertz CT molecular complexity index is 1290. The van der Waals surface area contributed by atoms with E-state index in [2.05, 4.69) is 4.98 Å². The van der Waals surface area contributed by atoms with Gasteiger partial charge >= 0.3 is 5.76 Å². The summed E-state index contributed by atoms with van der Waals surface area (Å²) in [5.41, 5.74) is 3.29. The van der Waals surface area contributed by atoms with E-state index in [1.165, 1.54) is 19.3 Å². The zero-order valence-electron chi connectivity index (χ0n) is 18.4. The van der Waals surface area contributed by atoms with Crippen molar-refractivity contribution < 1.29 is 23.4 Å². The van der Waals surface area contributed by atoms with Gasteiger partial charge in [0.2, 0.25) is 5.88 Å². The number of aromatic amines is 1. The van der Waals surface area contributed by atoms with Gasteiger partial charge in [0.05, 0.1) is 7.11 Å². The number of rotatable bonds is 7. The maximum absolute atomic E-state index is 11.2. The quantitative estimate of drug-likeness (QED) is 0.406. The van der Waals surface area contributed by atoms with Crippen LogP contribution >= 0.6 is 0 Å². The van der Waals surface area contributed by atoms with Crippen LogP contribution < -0.4 is 15.2 Å². The Balaban J connectivity index is 1.28. The average molecular weight is 450 g/mol. The number of nitrogens with zero attached hydrogens (tertiary/aromatic N) is 1. The topological polar surface area (TPSA) is 111 Å². The van der Waals surface area contributed by atoms with Crippen LogP contribution in [0, 0.1) is 0 Å². The Morgan fingerprint density at radius 2 is 1.88 bits per heavy atom. The number of methoxy groups -OCH3 is 1. The predicted molar refractivity (Wildman–Crippen MR) is 121 cm³/mol. The number of benzene rings is 2. The second-order valence-electron chi connectivity index (χ2n) is 8.43. The summed E-state index contributed by atoms with van der Waals surface area (Å²) in [7, 11) is 1.63. The highest BCUT2D eigenvalue weighted by atomic mass is 16.5. The van der Waals surface area contributed by atoms with Gasteiger partial charge in [-0.3, -0.25) is 4.98 Å². The molecule has 5 rings (SSSR count). The number of oxazole rings is 2. The molecule has 4 aromatic rings. The molecule has 8 nitrogen and oxygen atoms in total. The highest BCUT2D eigenvalue weighted by molar-refractivity contribution is 5.80. The third kappa shape index (κ3) is 4.60. The van der Waals surface area contributed by atoms with Gasteiger partial charge in [0.25, 0.3) is 0 Å². The van der Waals surface area contributed by atoms with Crippen molar-refractivity contribution in [3.05, 3.63) is 69.7 Å². The largest absolute Gasteiger partial charge is 0.493 e. The molecule has 2 N–H and O–H groups in total. The molecule has 8 heteroatoms. The molecule has 1 aliphatic carbocycles. The van der Waals surface area contributed by atoms with Crippen molar-refractivity contribution in [1.82, 2.24) is 9.97 Å². The van der Waals surface area contributed by atoms with Crippen LogP contribution in [0.3, 0.4) is 0 Å². The first-order chi connectivity index (χ1) is 16.1. The molecule has 0 unspecified atom stereocenters. The summed E-state index contributed by atoms with van der Waals surface area (Å²) in [5, 5.41) is 9.66. The normalized spacial score (nSPS) is 14.6. The van der Waals surface area contributed by atoms with Crippen LogP contribution in [0.4, 0.5) is 0 Å². The summed E-state index contributed by atoms with van der Waals surface area (Å²) in [6.07, 6.45) is 6.27. The summed E-state index contributed by atoms with van der Waals surface area (Å²) < 4.78 is 22.5. The zero-order chi connectivity index (χ0) is 22.8. The maximum Gasteiger partial charge on any atom is 0.419 e. The highest BCUT2D eigenvalue weighted by Crippen LogP contribution is 2.36. The smallest absolute Gasteiger partial charge is 0.419 e. The Morgan fingerprint density at radius 1 is 1.09 bits per heavy atom. The minimum Gasteiger partial charge on any atom is -0.493 e. The van der Waals surface area contributed by atoms with Gasteiger partial charge in [0, 0.05) is 12.3 Å². The number of nitrogens with one attached hydrogen (secondary N) is 1. The van der Waals surface area contributed by atoms with Crippen LogP contribution in [-0.2, 0) is 13.0 Å². The first kappa shape index (κ1) is 21.2. The summed E-state index contributed by atoms with van der Waals surface area (Å²) in [6, 6.07) is 11.3. The van der Waals surface area contributed by atoms with Crippen LogP contribution in [0.25, 0.3) is 11.1 Å². The minimum atomic E-state index is -0.673. The number of fused-ring (bicyclic) bond motifs is 1. The molecule has 0 bridgehead atoms. The lowest BCUT2D eigenvalue weighted by molar-refractivity contribution is 0.305. The number of H-pyrrole nitrogens is 1. The average Bonchev–Trinajstić information content (AvgIpc) is 3.41. The fraction of sp³-hybridized carbons (Fsp3) is 0.360. The molecular weight excluding hydrogens is 424 g/mol. The minimum absolute atomic E-state index is 0.203. The molecular formula is C25H26N2O6. The number of aromatic nitrogens is 2. The van der Waals surface area contributed by atoms with Gasteiger partial charge in [0.15, 0.2) is 23.0 Å². The van der Waals surface area contributed by atoms with Gasteiger partial charge in [-0.05, 0) is 48.2 Å². The van der Waals surface area contributed by atoms with Crippen molar-refractivity contribution >= 4 is 11.1 Å². The van der Waals surface area contributed by atoms with Gasteiger partial charge < -0.3 is 23.4 Å². The van der Waals surface area contributed by atoms with Crippen molar-refractivity contribution in [3.8, 4) is 17.4 Å². The molecule has 0 spiro atoms. The zero-order valence-corrected chi connectivity index (χ0v) is 18.4. The molecule has 2 aromatic heterocycles. The maximum atomic E-state index is 11.2. The van der Waals surface area contributed by atoms with Gasteiger partial charge in [-0.25, -0.2) is 9.78 Å². The van der Waals surface area contributed by atoms with E-state index in [0.717, 1.165) is 35.4 Å². The molecule has 1 aliphatic rings. The summed E-state index contributed by atoms with van der Waals surface area (Å²) in [5.74, 6) is 1.83. The summed E-state index contributed by atoms with van der Waals surface area (Å²) in [6.45, 7) is 0.352. The van der Waals surface area contributed by atoms with E-state index in [-0.39, 0.29) is 11.6 Å². The lowest BCUT2D eigenvalue weighted by atomic mass is 9.89. The highest BCUT2D eigenvalue weighted by Gasteiger charge is 2.22. The third-order valence-corrected chi connectivity index (χ3v) is 6.10. The first-order valence-electron chi connectivity index (χ1n) is 11.2. The van der Waals surface area contributed by atoms with Crippen molar-refractivity contribution in [2.75, 3.05) is 7.11 Å². The predicted octanol–water partition coefficient (Wildman–Crippen LogP) is 5.04. The molecule has 2 aromatic carbocycles. The van der Waals surface area contributed by atoms with Gasteiger partial charge in [-0.15, -0.1) is 0 Å². The fourth-order valence-electron chi connectivity index (χ4n) is 4.36. The lowest BCUT2D eigenvalue weighted by Gasteiger charge is -2.17. The van der Waals surface area contributed by atoms with Crippen LogP contribution in [0.1, 0.15) is 60.8 Å². The second kappa shape index (κ2) is 9.05. The van der Waals surface area contributed by atoms with Crippen molar-refractivity contribution in [2.45, 2.75) is 51.0 Å². The number of hydrogen-bond donors (Lipinski definition) is 2. The van der Waals surface area contributed by atoms with Crippen molar-refractivity contribution in [3.63, 3.8) is 0 Å². The molecule has 0 radical (unpaired) electrons. The number of aromatic hydroxyl groups is 1. The third-order valence-electron chi connectivity index (χ3n) is 6.10. The van der Waals surface area contributed by atoms with Crippen LogP contribution in [0.15, 0.2) is 50.0 Å². The Labute approximate surface area is 190 Å². The monoisotopic (exact) mass is 450 g/mol. The van der Waals surface area contributed by atoms with E-state index in [1.54, 1.807) is 7.11 Å². The van der Waals surface area contributed by atoms with E-state index in [4.69, 9.17) is 23.3 Å². The van der Waals surface area contributed by atoms with Crippen LogP contribution in [0.2, 0.25) is 0 Å². The molecule has 2 heterocycles. The van der Waals surface area contributed by atoms with E-state index >= 15 is 0 Å². The summed E-state index contributed by atoms with van der Waals surface area (Å²) >= 11 is 0. The molecule has 1 fully saturated rings. The standard InChI is InChI=1S/C25H26N2O6/c1-30-20-13-16(11-19-22(20)33-24(26-19)17-5-3-2-4-6-17)14-31-18-9-7-15(8-10-18)12-21-23(28)27-25(29)32-21/h7-11,13,17,28H,2-6,12,14H2,1H3,(H,27,29). The molecule has 0 atom stereocenters. The molecule has 33 heavy (non-hydrogen) atoms. The second-order valence-corrected chi connectivity index (χ2v) is 8.43. The Hall–Kier alpha value is -3.68. The van der Waals surface area contributed by atoms with Crippen molar-refractivity contribution in [2.24, 2.45) is 0 Å². The van der Waals surface area contributed by atoms with Gasteiger partial charge in [-0.2, -0.15) is 0 Å². The molecule has 0 saturated heterocycles. The summed E-state index contributed by atoms with van der Waals surface area (Å²) in [4.78, 5) is 18.1. The van der Waals surface area contributed by atoms with E-state index < -0.39 is 5.76 Å². The van der Waals surface area contributed by atoms with Crippen LogP contribution in [-0.4, -0.2) is 22.2 Å². The van der Waals surface area contributed by atoms with E-state index in [9.17, 15) is 9.90 Å². The van der Waals surface area contributed by atoms with Gasteiger partial charge in [-0.1, -0.05) is 31.4 Å². The van der Waals surface area contributed by atoms with E-state index in [1.807, 2.05) is 36.4 Å². The molecule has 172 valence electrons. The van der Waals surface area contributed by atoms with Crippen molar-refractivity contribution in [1.29, 1.82) is 0 Å². The number of hydrogen-bond acceptors (Lipinski definition) is 7. The Kier molecular flexibility index (Phi) is 5.81. The lowest BCUT2D eigenvalue weighted by Crippen LogP contribution is -2.04. The molecule has 1 saturated carbocycles. The Morgan fingerprint density at radius 3 is 2.58 bits per heavy atom. The van der Waals surface area contributed by atoms with Crippen LogP contribution in [0.5, 0.6) is 17.4 Å². The SMILES string of the molecule is COc1cc(COc2ccc(Cc3oc(=O)[nH]c3O)cc2)cc2nc(C3CCCCC3)oc12.